The van der Waals surface area contributed by atoms with Crippen molar-refractivity contribution in [1.82, 2.24) is 0 Å². The van der Waals surface area contributed by atoms with Gasteiger partial charge in [0.1, 0.15) is 0 Å². The van der Waals surface area contributed by atoms with Gasteiger partial charge >= 0.3 is 12.1 Å². The molecule has 0 bridgehead atoms. The van der Waals surface area contributed by atoms with Crippen LogP contribution in [0.5, 0.6) is 0 Å². The number of rotatable bonds is 4. The van der Waals surface area contributed by atoms with Crippen LogP contribution in [0.4, 0.5) is 18.9 Å². The zero-order valence-electron chi connectivity index (χ0n) is 10.6. The highest BCUT2D eigenvalue weighted by atomic mass is 19.4. The molecule has 1 aromatic carbocycles. The Morgan fingerprint density at radius 2 is 2.05 bits per heavy atom. The molecule has 1 unspecified atom stereocenters. The summed E-state index contributed by atoms with van der Waals surface area (Å²) in [5.74, 6) is -1.66. The first kappa shape index (κ1) is 16.4. The summed E-state index contributed by atoms with van der Waals surface area (Å²) in [4.78, 5) is 21.1. The highest BCUT2D eigenvalue weighted by Crippen LogP contribution is 2.39. The van der Waals surface area contributed by atoms with E-state index in [1.807, 2.05) is 0 Å². The molecule has 6 nitrogen and oxygen atoms in total. The fourth-order valence-electron chi connectivity index (χ4n) is 1.86. The van der Waals surface area contributed by atoms with Gasteiger partial charge in [0, 0.05) is 6.07 Å². The minimum absolute atomic E-state index is 0.236. The minimum atomic E-state index is -4.81. The van der Waals surface area contributed by atoms with Gasteiger partial charge in [-0.05, 0) is 18.6 Å². The molecule has 21 heavy (non-hydrogen) atoms. The van der Waals surface area contributed by atoms with Crippen LogP contribution >= 0.6 is 0 Å². The number of carbonyl (C=O) groups is 1. The molecule has 0 radical (unpaired) electrons. The predicted octanol–water partition coefficient (Wildman–Crippen LogP) is 2.87. The highest BCUT2D eigenvalue weighted by Gasteiger charge is 2.45. The van der Waals surface area contributed by atoms with E-state index in [1.54, 1.807) is 0 Å². The average Bonchev–Trinajstić information content (AvgIpc) is 2.39. The second-order valence-electron chi connectivity index (χ2n) is 4.16. The molecule has 0 aliphatic carbocycles. The van der Waals surface area contributed by atoms with Crippen LogP contribution in [0.2, 0.25) is 0 Å². The number of alkyl halides is 3. The Morgan fingerprint density at radius 3 is 2.38 bits per heavy atom. The van der Waals surface area contributed by atoms with Crippen LogP contribution in [0.25, 0.3) is 0 Å². The van der Waals surface area contributed by atoms with Gasteiger partial charge in [-0.3, -0.25) is 14.9 Å². The molecule has 1 aromatic rings. The zero-order valence-corrected chi connectivity index (χ0v) is 10.6. The number of halogens is 3. The van der Waals surface area contributed by atoms with Crippen molar-refractivity contribution in [2.75, 3.05) is 0 Å². The van der Waals surface area contributed by atoms with Gasteiger partial charge in [0.15, 0.2) is 5.41 Å². The van der Waals surface area contributed by atoms with Gasteiger partial charge in [-0.25, -0.2) is 0 Å². The molecular formula is C12H9F3N2O4. The molecule has 0 aromatic heterocycles. The molecule has 0 spiro atoms. The number of hydrogen-bond acceptors (Lipinski definition) is 4. The van der Waals surface area contributed by atoms with Crippen LogP contribution < -0.4 is 0 Å². The monoisotopic (exact) mass is 302 g/mol. The highest BCUT2D eigenvalue weighted by molar-refractivity contribution is 5.86. The number of nitro groups is 1. The maximum Gasteiger partial charge on any atom is 0.416 e. The summed E-state index contributed by atoms with van der Waals surface area (Å²) in [7, 11) is 0. The van der Waals surface area contributed by atoms with Crippen LogP contribution in [0, 0.1) is 21.4 Å². The molecule has 112 valence electrons. The van der Waals surface area contributed by atoms with E-state index in [1.165, 1.54) is 13.0 Å². The maximum absolute atomic E-state index is 12.6. The van der Waals surface area contributed by atoms with Crippen LogP contribution in [0.1, 0.15) is 24.5 Å². The average molecular weight is 302 g/mol. The number of nitrogens with zero attached hydrogens (tertiary/aromatic N) is 2. The first-order valence-corrected chi connectivity index (χ1v) is 5.61. The van der Waals surface area contributed by atoms with Gasteiger partial charge in [-0.15, -0.1) is 0 Å². The maximum atomic E-state index is 12.6. The van der Waals surface area contributed by atoms with Gasteiger partial charge in [0.2, 0.25) is 0 Å². The summed E-state index contributed by atoms with van der Waals surface area (Å²) in [5, 5.41) is 29.1. The smallest absolute Gasteiger partial charge is 0.416 e. The summed E-state index contributed by atoms with van der Waals surface area (Å²) in [6.07, 6.45) is -5.14. The summed E-state index contributed by atoms with van der Waals surface area (Å²) in [6, 6.07) is 2.87. The quantitative estimate of drug-likeness (QED) is 0.680. The van der Waals surface area contributed by atoms with Gasteiger partial charge in [0.05, 0.1) is 22.1 Å². The molecule has 0 saturated heterocycles. The molecule has 1 atom stereocenters. The topological polar surface area (TPSA) is 104 Å². The lowest BCUT2D eigenvalue weighted by atomic mass is 9.78. The summed E-state index contributed by atoms with van der Waals surface area (Å²) in [6.45, 7) is 1.30. The van der Waals surface area contributed by atoms with E-state index in [-0.39, 0.29) is 12.5 Å². The lowest BCUT2D eigenvalue weighted by Crippen LogP contribution is -2.34. The van der Waals surface area contributed by atoms with Gasteiger partial charge in [-0.2, -0.15) is 18.4 Å². The molecule has 0 aliphatic heterocycles. The van der Waals surface area contributed by atoms with E-state index in [2.05, 4.69) is 0 Å². The molecule has 1 rings (SSSR count). The van der Waals surface area contributed by atoms with Crippen molar-refractivity contribution in [2.24, 2.45) is 0 Å². The van der Waals surface area contributed by atoms with Crippen molar-refractivity contribution >= 4 is 11.7 Å². The van der Waals surface area contributed by atoms with Crippen molar-refractivity contribution in [3.8, 4) is 6.07 Å². The van der Waals surface area contributed by atoms with Crippen LogP contribution in [0.15, 0.2) is 18.2 Å². The Balaban J connectivity index is 3.69. The Bertz CT molecular complexity index is 636. The Kier molecular flexibility index (Phi) is 4.22. The van der Waals surface area contributed by atoms with Crippen molar-refractivity contribution < 1.29 is 28.0 Å². The number of carboxylic acid groups (broad SMARTS) is 1. The van der Waals surface area contributed by atoms with E-state index >= 15 is 0 Å². The second kappa shape index (κ2) is 5.40. The fourth-order valence-corrected chi connectivity index (χ4v) is 1.86. The van der Waals surface area contributed by atoms with Gasteiger partial charge in [-0.1, -0.05) is 6.92 Å². The molecule has 9 heteroatoms. The molecule has 0 saturated carbocycles. The Morgan fingerprint density at radius 1 is 1.48 bits per heavy atom. The third kappa shape index (κ3) is 2.79. The molecular weight excluding hydrogens is 293 g/mol. The number of hydrogen-bond donors (Lipinski definition) is 1. The van der Waals surface area contributed by atoms with E-state index in [0.717, 1.165) is 0 Å². The van der Waals surface area contributed by atoms with Crippen LogP contribution in [-0.4, -0.2) is 16.0 Å². The number of benzene rings is 1. The molecule has 0 fully saturated rings. The number of carboxylic acids is 1. The first-order valence-electron chi connectivity index (χ1n) is 5.61. The van der Waals surface area contributed by atoms with Gasteiger partial charge < -0.3 is 5.11 Å². The van der Waals surface area contributed by atoms with Crippen LogP contribution in [-0.2, 0) is 16.4 Å². The van der Waals surface area contributed by atoms with Crippen LogP contribution in [0.3, 0.4) is 0 Å². The molecule has 0 aliphatic rings. The number of aliphatic carboxylic acids is 1. The minimum Gasteiger partial charge on any atom is -0.480 e. The summed E-state index contributed by atoms with van der Waals surface area (Å²) < 4.78 is 37.7. The third-order valence-corrected chi connectivity index (χ3v) is 3.07. The largest absolute Gasteiger partial charge is 0.480 e. The normalized spacial score (nSPS) is 14.0. The lowest BCUT2D eigenvalue weighted by molar-refractivity contribution is -0.386. The lowest BCUT2D eigenvalue weighted by Gasteiger charge is -2.20. The first-order chi connectivity index (χ1) is 9.60. The number of nitro benzene ring substituents is 1. The summed E-state index contributed by atoms with van der Waals surface area (Å²) in [5.41, 5.74) is -5.17. The van der Waals surface area contributed by atoms with Crippen molar-refractivity contribution in [1.29, 1.82) is 5.26 Å². The molecule has 0 amide bonds. The van der Waals surface area contributed by atoms with E-state index in [0.29, 0.717) is 12.1 Å². The number of nitriles is 1. The Hall–Kier alpha value is -2.63. The van der Waals surface area contributed by atoms with Crippen molar-refractivity contribution in [3.05, 3.63) is 39.4 Å². The van der Waals surface area contributed by atoms with Gasteiger partial charge in [0.25, 0.3) is 5.69 Å². The molecule has 0 heterocycles. The van der Waals surface area contributed by atoms with E-state index < -0.39 is 39.3 Å². The Labute approximate surface area is 116 Å². The molecule has 1 N–H and O–H groups in total. The SMILES string of the molecule is CCC(C#N)(C(=O)O)c1ccc(C(F)(F)F)cc1[N+](=O)[O-]. The standard InChI is InChI=1S/C12H9F3N2O4/c1-2-11(6-16,10(18)19)8-4-3-7(12(13,14)15)5-9(8)17(20)21/h3-5H,2H2,1H3,(H,18,19). The fraction of sp³-hybridized carbons (Fsp3) is 0.333. The van der Waals surface area contributed by atoms with E-state index in [9.17, 15) is 28.1 Å². The second-order valence-corrected chi connectivity index (χ2v) is 4.16. The summed E-state index contributed by atoms with van der Waals surface area (Å²) >= 11 is 0. The van der Waals surface area contributed by atoms with E-state index in [4.69, 9.17) is 10.4 Å². The third-order valence-electron chi connectivity index (χ3n) is 3.07. The van der Waals surface area contributed by atoms with Crippen molar-refractivity contribution in [3.63, 3.8) is 0 Å². The zero-order chi connectivity index (χ0) is 16.4. The predicted molar refractivity (Wildman–Crippen MR) is 63.3 cm³/mol. The van der Waals surface area contributed by atoms with Crippen molar-refractivity contribution in [2.45, 2.75) is 24.9 Å².